The summed E-state index contributed by atoms with van der Waals surface area (Å²) in [6, 6.07) is 1.26. The molecule has 0 aromatic carbocycles. The molecule has 0 bridgehead atoms. The van der Waals surface area contributed by atoms with E-state index in [9.17, 15) is 4.79 Å². The molecule has 3 heteroatoms. The maximum absolute atomic E-state index is 10.4. The van der Waals surface area contributed by atoms with Crippen LogP contribution in [-0.4, -0.2) is 34.6 Å². The molecular weight excluding hydrogens is 178 g/mol. The molecule has 1 aliphatic rings. The number of nitrogens with zero attached hydrogens (tertiary/aromatic N) is 1. The molecule has 3 nitrogen and oxygen atoms in total. The second kappa shape index (κ2) is 5.35. The van der Waals surface area contributed by atoms with Crippen molar-refractivity contribution in [2.24, 2.45) is 0 Å². The molecule has 82 valence electrons. The van der Waals surface area contributed by atoms with Crippen LogP contribution in [0.5, 0.6) is 0 Å². The van der Waals surface area contributed by atoms with Gasteiger partial charge in [0.15, 0.2) is 0 Å². The first-order valence-electron chi connectivity index (χ1n) is 5.59. The summed E-state index contributed by atoms with van der Waals surface area (Å²) < 4.78 is 0. The van der Waals surface area contributed by atoms with E-state index in [1.165, 1.54) is 19.3 Å². The minimum Gasteiger partial charge on any atom is -0.481 e. The van der Waals surface area contributed by atoms with E-state index in [2.05, 4.69) is 18.7 Å². The molecule has 1 aliphatic heterocycles. The summed E-state index contributed by atoms with van der Waals surface area (Å²) in [6.07, 6.45) is 4.92. The molecule has 1 rings (SSSR count). The number of piperidine rings is 1. The van der Waals surface area contributed by atoms with E-state index < -0.39 is 5.97 Å². The van der Waals surface area contributed by atoms with E-state index in [-0.39, 0.29) is 0 Å². The van der Waals surface area contributed by atoms with Crippen LogP contribution in [-0.2, 0) is 4.79 Å². The quantitative estimate of drug-likeness (QED) is 0.754. The molecule has 1 saturated heterocycles. The Balaban J connectivity index is 2.29. The van der Waals surface area contributed by atoms with Crippen LogP contribution in [0.25, 0.3) is 0 Å². The number of carbonyl (C=O) groups is 1. The van der Waals surface area contributed by atoms with E-state index >= 15 is 0 Å². The monoisotopic (exact) mass is 199 g/mol. The van der Waals surface area contributed by atoms with Gasteiger partial charge >= 0.3 is 5.97 Å². The molecule has 1 heterocycles. The predicted octanol–water partition coefficient (Wildman–Crippen LogP) is 2.11. The van der Waals surface area contributed by atoms with Crippen LogP contribution in [0.3, 0.4) is 0 Å². The van der Waals surface area contributed by atoms with Crippen molar-refractivity contribution in [3.05, 3.63) is 0 Å². The summed E-state index contributed by atoms with van der Waals surface area (Å²) in [4.78, 5) is 12.8. The number of rotatable bonds is 4. The number of carboxylic acids is 1. The lowest BCUT2D eigenvalue weighted by molar-refractivity contribution is -0.137. The van der Waals surface area contributed by atoms with Gasteiger partial charge in [-0.3, -0.25) is 9.69 Å². The molecule has 0 amide bonds. The third-order valence-corrected chi connectivity index (χ3v) is 3.18. The highest BCUT2D eigenvalue weighted by Crippen LogP contribution is 2.22. The largest absolute Gasteiger partial charge is 0.481 e. The molecule has 1 N–H and O–H groups in total. The Bertz CT molecular complexity index is 184. The van der Waals surface area contributed by atoms with Crippen LogP contribution < -0.4 is 0 Å². The average molecular weight is 199 g/mol. The lowest BCUT2D eigenvalue weighted by Gasteiger charge is -2.38. The van der Waals surface area contributed by atoms with Crippen molar-refractivity contribution in [2.45, 2.75) is 58.0 Å². The van der Waals surface area contributed by atoms with Crippen molar-refractivity contribution >= 4 is 5.97 Å². The fourth-order valence-electron chi connectivity index (χ4n) is 2.33. The smallest absolute Gasteiger partial charge is 0.303 e. The lowest BCUT2D eigenvalue weighted by Crippen LogP contribution is -2.44. The van der Waals surface area contributed by atoms with Gasteiger partial charge in [0.1, 0.15) is 0 Å². The maximum Gasteiger partial charge on any atom is 0.303 e. The number of carboxylic acid groups (broad SMARTS) is 1. The van der Waals surface area contributed by atoms with E-state index in [1.54, 1.807) is 0 Å². The third-order valence-electron chi connectivity index (χ3n) is 3.18. The predicted molar refractivity (Wildman–Crippen MR) is 56.4 cm³/mol. The van der Waals surface area contributed by atoms with Gasteiger partial charge in [0.05, 0.1) is 0 Å². The van der Waals surface area contributed by atoms with Crippen LogP contribution in [0.15, 0.2) is 0 Å². The Morgan fingerprint density at radius 2 is 1.93 bits per heavy atom. The fraction of sp³-hybridized carbons (Fsp3) is 0.909. The highest BCUT2D eigenvalue weighted by molar-refractivity contribution is 5.66. The van der Waals surface area contributed by atoms with Crippen LogP contribution in [0.4, 0.5) is 0 Å². The Hall–Kier alpha value is -0.570. The van der Waals surface area contributed by atoms with Crippen molar-refractivity contribution in [1.29, 1.82) is 0 Å². The molecule has 0 aromatic rings. The van der Waals surface area contributed by atoms with Gasteiger partial charge in [0, 0.05) is 18.5 Å². The molecular formula is C11H21NO2. The van der Waals surface area contributed by atoms with Gasteiger partial charge in [-0.2, -0.15) is 0 Å². The molecule has 14 heavy (non-hydrogen) atoms. The fourth-order valence-corrected chi connectivity index (χ4v) is 2.33. The van der Waals surface area contributed by atoms with Crippen LogP contribution >= 0.6 is 0 Å². The van der Waals surface area contributed by atoms with Crippen LogP contribution in [0.2, 0.25) is 0 Å². The topological polar surface area (TPSA) is 40.5 Å². The first-order valence-corrected chi connectivity index (χ1v) is 5.59. The van der Waals surface area contributed by atoms with Gasteiger partial charge in [-0.15, -0.1) is 0 Å². The summed E-state index contributed by atoms with van der Waals surface area (Å²) in [6.45, 7) is 5.43. The van der Waals surface area contributed by atoms with E-state index in [4.69, 9.17) is 5.11 Å². The SMILES string of the molecule is C[C@@H]1CCC[C@H](C)N1CCCC(=O)O. The van der Waals surface area contributed by atoms with Gasteiger partial charge in [0.2, 0.25) is 0 Å². The van der Waals surface area contributed by atoms with Crippen molar-refractivity contribution in [3.63, 3.8) is 0 Å². The first kappa shape index (κ1) is 11.5. The molecule has 0 spiro atoms. The van der Waals surface area contributed by atoms with Gasteiger partial charge in [0.25, 0.3) is 0 Å². The van der Waals surface area contributed by atoms with Crippen molar-refractivity contribution < 1.29 is 9.90 Å². The lowest BCUT2D eigenvalue weighted by atomic mass is 9.97. The Labute approximate surface area is 86.1 Å². The van der Waals surface area contributed by atoms with Gasteiger partial charge in [-0.1, -0.05) is 6.42 Å². The number of likely N-dealkylation sites (tertiary alicyclic amines) is 1. The number of hydrogen-bond acceptors (Lipinski definition) is 2. The number of aliphatic carboxylic acids is 1. The average Bonchev–Trinajstić information content (AvgIpc) is 2.09. The normalized spacial score (nSPS) is 29.0. The summed E-state index contributed by atoms with van der Waals surface area (Å²) in [7, 11) is 0. The van der Waals surface area contributed by atoms with Gasteiger partial charge in [-0.25, -0.2) is 0 Å². The molecule has 0 aromatic heterocycles. The molecule has 0 saturated carbocycles. The molecule has 2 atom stereocenters. The van der Waals surface area contributed by atoms with Gasteiger partial charge in [-0.05, 0) is 39.7 Å². The molecule has 0 unspecified atom stereocenters. The third kappa shape index (κ3) is 3.29. The van der Waals surface area contributed by atoms with Crippen molar-refractivity contribution in [1.82, 2.24) is 4.90 Å². The van der Waals surface area contributed by atoms with Gasteiger partial charge < -0.3 is 5.11 Å². The minimum atomic E-state index is -0.678. The standard InChI is InChI=1S/C11H21NO2/c1-9-5-3-6-10(2)12(9)8-4-7-11(13)14/h9-10H,3-8H2,1-2H3,(H,13,14)/t9-,10+. The van der Waals surface area contributed by atoms with Crippen molar-refractivity contribution in [3.8, 4) is 0 Å². The number of hydrogen-bond donors (Lipinski definition) is 1. The highest BCUT2D eigenvalue weighted by atomic mass is 16.4. The van der Waals surface area contributed by atoms with Crippen LogP contribution in [0.1, 0.15) is 46.0 Å². The zero-order valence-electron chi connectivity index (χ0n) is 9.20. The van der Waals surface area contributed by atoms with E-state index in [0.29, 0.717) is 18.5 Å². The second-order valence-electron chi connectivity index (χ2n) is 4.36. The molecule has 0 aliphatic carbocycles. The molecule has 0 radical (unpaired) electrons. The highest BCUT2D eigenvalue weighted by Gasteiger charge is 2.23. The second-order valence-corrected chi connectivity index (χ2v) is 4.36. The Morgan fingerprint density at radius 1 is 1.36 bits per heavy atom. The van der Waals surface area contributed by atoms with E-state index in [1.807, 2.05) is 0 Å². The Kier molecular flexibility index (Phi) is 4.39. The van der Waals surface area contributed by atoms with Crippen molar-refractivity contribution in [2.75, 3.05) is 6.54 Å². The zero-order chi connectivity index (χ0) is 10.6. The zero-order valence-corrected chi connectivity index (χ0v) is 9.20. The first-order chi connectivity index (χ1) is 6.61. The summed E-state index contributed by atoms with van der Waals surface area (Å²) >= 11 is 0. The van der Waals surface area contributed by atoms with Crippen LogP contribution in [0, 0.1) is 0 Å². The maximum atomic E-state index is 10.4. The summed E-state index contributed by atoms with van der Waals surface area (Å²) in [5.41, 5.74) is 0. The van der Waals surface area contributed by atoms with E-state index in [0.717, 1.165) is 13.0 Å². The molecule has 1 fully saturated rings. The summed E-state index contributed by atoms with van der Waals surface area (Å²) in [5.74, 6) is -0.678. The summed E-state index contributed by atoms with van der Waals surface area (Å²) in [5, 5.41) is 8.56. The Morgan fingerprint density at radius 3 is 2.43 bits per heavy atom. The minimum absolute atomic E-state index is 0.302.